The molecule has 16 heavy (non-hydrogen) atoms. The minimum Gasteiger partial charge on any atom is -0.481 e. The molecule has 0 radical (unpaired) electrons. The summed E-state index contributed by atoms with van der Waals surface area (Å²) in [5, 5.41) is 9.25. The van der Waals surface area contributed by atoms with Gasteiger partial charge in [0, 0.05) is 0 Å². The summed E-state index contributed by atoms with van der Waals surface area (Å²) in [7, 11) is 0. The molecule has 1 rings (SSSR count). The van der Waals surface area contributed by atoms with Crippen molar-refractivity contribution >= 4 is 5.97 Å². The van der Waals surface area contributed by atoms with Gasteiger partial charge in [-0.2, -0.15) is 0 Å². The number of hydrogen-bond acceptors (Lipinski definition) is 1. The second-order valence-corrected chi connectivity index (χ2v) is 4.06. The van der Waals surface area contributed by atoms with Crippen LogP contribution in [0.5, 0.6) is 0 Å². The van der Waals surface area contributed by atoms with Gasteiger partial charge in [0.05, 0.1) is 5.92 Å². The highest BCUT2D eigenvalue weighted by Crippen LogP contribution is 2.27. The van der Waals surface area contributed by atoms with Crippen molar-refractivity contribution < 1.29 is 9.90 Å². The summed E-state index contributed by atoms with van der Waals surface area (Å²) in [6, 6.07) is 7.64. The Kier molecular flexibility index (Phi) is 4.29. The molecule has 0 bridgehead atoms. The van der Waals surface area contributed by atoms with E-state index in [-0.39, 0.29) is 0 Å². The lowest BCUT2D eigenvalue weighted by molar-refractivity contribution is -0.138. The van der Waals surface area contributed by atoms with E-state index in [0.29, 0.717) is 6.42 Å². The maximum atomic E-state index is 11.3. The molecule has 0 aliphatic rings. The fraction of sp³-hybridized carbons (Fsp3) is 0.357. The zero-order valence-corrected chi connectivity index (χ0v) is 9.86. The number of rotatable bonds is 5. The molecule has 0 amide bonds. The van der Waals surface area contributed by atoms with Crippen LogP contribution in [-0.2, 0) is 4.79 Å². The van der Waals surface area contributed by atoms with Crippen LogP contribution in [0.4, 0.5) is 0 Å². The number of hydrogen-bond donors (Lipinski definition) is 1. The predicted molar refractivity (Wildman–Crippen MR) is 65.6 cm³/mol. The first kappa shape index (κ1) is 12.5. The Balaban J connectivity index is 2.99. The quantitative estimate of drug-likeness (QED) is 0.768. The monoisotopic (exact) mass is 218 g/mol. The minimum atomic E-state index is -0.774. The summed E-state index contributed by atoms with van der Waals surface area (Å²) >= 11 is 0. The molecule has 1 unspecified atom stereocenters. The van der Waals surface area contributed by atoms with E-state index in [1.165, 1.54) is 0 Å². The number of carboxylic acid groups (broad SMARTS) is 1. The molecular formula is C14H18O2. The van der Waals surface area contributed by atoms with Crippen LogP contribution in [0.2, 0.25) is 0 Å². The Hall–Kier alpha value is -1.57. The lowest BCUT2D eigenvalue weighted by Crippen LogP contribution is -2.13. The van der Waals surface area contributed by atoms with Crippen LogP contribution in [0, 0.1) is 6.92 Å². The molecule has 86 valence electrons. The van der Waals surface area contributed by atoms with Crippen molar-refractivity contribution in [1.82, 2.24) is 0 Å². The summed E-state index contributed by atoms with van der Waals surface area (Å²) < 4.78 is 0. The lowest BCUT2D eigenvalue weighted by atomic mass is 9.89. The first-order valence-electron chi connectivity index (χ1n) is 5.51. The molecule has 0 fully saturated rings. The van der Waals surface area contributed by atoms with Crippen molar-refractivity contribution in [3.05, 3.63) is 47.5 Å². The number of allylic oxidation sites excluding steroid dienone is 1. The average Bonchev–Trinajstić information content (AvgIpc) is 2.26. The highest BCUT2D eigenvalue weighted by atomic mass is 16.4. The highest BCUT2D eigenvalue weighted by molar-refractivity contribution is 5.77. The van der Waals surface area contributed by atoms with Crippen LogP contribution in [0.25, 0.3) is 0 Å². The van der Waals surface area contributed by atoms with Gasteiger partial charge in [-0.15, -0.1) is 0 Å². The molecule has 1 aromatic carbocycles. The van der Waals surface area contributed by atoms with Crippen molar-refractivity contribution in [2.45, 2.75) is 32.6 Å². The molecule has 0 aliphatic carbocycles. The first-order chi connectivity index (χ1) is 7.56. The third-order valence-corrected chi connectivity index (χ3v) is 2.85. The molecule has 0 heterocycles. The van der Waals surface area contributed by atoms with E-state index >= 15 is 0 Å². The molecule has 0 saturated heterocycles. The summed E-state index contributed by atoms with van der Waals surface area (Å²) in [5.41, 5.74) is 2.90. The highest BCUT2D eigenvalue weighted by Gasteiger charge is 2.21. The van der Waals surface area contributed by atoms with Crippen molar-refractivity contribution in [3.8, 4) is 0 Å². The number of aryl methyl sites for hydroxylation is 1. The molecule has 1 atom stereocenters. The summed E-state index contributed by atoms with van der Waals surface area (Å²) in [4.78, 5) is 11.3. The van der Waals surface area contributed by atoms with Gasteiger partial charge in [0.25, 0.3) is 0 Å². The zero-order chi connectivity index (χ0) is 12.1. The Morgan fingerprint density at radius 3 is 2.56 bits per heavy atom. The SMILES string of the molecule is C=C(CC)CC(C(=O)O)c1ccccc1C. The van der Waals surface area contributed by atoms with E-state index in [1.807, 2.05) is 38.1 Å². The predicted octanol–water partition coefficient (Wildman–Crippen LogP) is 3.52. The normalized spacial score (nSPS) is 12.1. The number of aliphatic carboxylic acids is 1. The third kappa shape index (κ3) is 2.96. The van der Waals surface area contributed by atoms with Gasteiger partial charge in [-0.3, -0.25) is 4.79 Å². The van der Waals surface area contributed by atoms with Crippen LogP contribution in [0.1, 0.15) is 36.8 Å². The molecule has 0 saturated carbocycles. The summed E-state index contributed by atoms with van der Waals surface area (Å²) in [6.45, 7) is 7.83. The maximum absolute atomic E-state index is 11.3. The Bertz CT molecular complexity index is 393. The van der Waals surface area contributed by atoms with E-state index in [4.69, 9.17) is 0 Å². The van der Waals surface area contributed by atoms with Gasteiger partial charge in [-0.1, -0.05) is 43.3 Å². The Labute approximate surface area is 96.6 Å². The molecule has 2 heteroatoms. The Morgan fingerprint density at radius 1 is 1.44 bits per heavy atom. The Morgan fingerprint density at radius 2 is 2.06 bits per heavy atom. The average molecular weight is 218 g/mol. The lowest BCUT2D eigenvalue weighted by Gasteiger charge is -2.15. The van der Waals surface area contributed by atoms with Crippen LogP contribution in [0.3, 0.4) is 0 Å². The van der Waals surface area contributed by atoms with E-state index < -0.39 is 11.9 Å². The van der Waals surface area contributed by atoms with Crippen LogP contribution in [-0.4, -0.2) is 11.1 Å². The van der Waals surface area contributed by atoms with Gasteiger partial charge in [-0.05, 0) is 30.9 Å². The first-order valence-corrected chi connectivity index (χ1v) is 5.51. The summed E-state index contributed by atoms with van der Waals surface area (Å²) in [5.74, 6) is -1.24. The zero-order valence-electron chi connectivity index (χ0n) is 9.86. The fourth-order valence-corrected chi connectivity index (χ4v) is 1.74. The third-order valence-electron chi connectivity index (χ3n) is 2.85. The topological polar surface area (TPSA) is 37.3 Å². The largest absolute Gasteiger partial charge is 0.481 e. The van der Waals surface area contributed by atoms with Gasteiger partial charge in [0.15, 0.2) is 0 Å². The van der Waals surface area contributed by atoms with Crippen molar-refractivity contribution in [2.24, 2.45) is 0 Å². The van der Waals surface area contributed by atoms with Crippen LogP contribution in [0.15, 0.2) is 36.4 Å². The smallest absolute Gasteiger partial charge is 0.311 e. The molecule has 0 aliphatic heterocycles. The van der Waals surface area contributed by atoms with Gasteiger partial charge in [-0.25, -0.2) is 0 Å². The van der Waals surface area contributed by atoms with E-state index in [0.717, 1.165) is 23.1 Å². The maximum Gasteiger partial charge on any atom is 0.311 e. The van der Waals surface area contributed by atoms with E-state index in [1.54, 1.807) is 0 Å². The van der Waals surface area contributed by atoms with E-state index in [2.05, 4.69) is 6.58 Å². The molecule has 0 spiro atoms. The van der Waals surface area contributed by atoms with Gasteiger partial charge in [0.2, 0.25) is 0 Å². The minimum absolute atomic E-state index is 0.464. The number of benzene rings is 1. The van der Waals surface area contributed by atoms with E-state index in [9.17, 15) is 9.90 Å². The van der Waals surface area contributed by atoms with Gasteiger partial charge in [0.1, 0.15) is 0 Å². The molecular weight excluding hydrogens is 200 g/mol. The second-order valence-electron chi connectivity index (χ2n) is 4.06. The van der Waals surface area contributed by atoms with Crippen molar-refractivity contribution in [1.29, 1.82) is 0 Å². The van der Waals surface area contributed by atoms with Crippen molar-refractivity contribution in [3.63, 3.8) is 0 Å². The molecule has 0 aromatic heterocycles. The number of carbonyl (C=O) groups is 1. The van der Waals surface area contributed by atoms with Crippen molar-refractivity contribution in [2.75, 3.05) is 0 Å². The van der Waals surface area contributed by atoms with Gasteiger partial charge >= 0.3 is 5.97 Å². The van der Waals surface area contributed by atoms with Crippen LogP contribution >= 0.6 is 0 Å². The standard InChI is InChI=1S/C14H18O2/c1-4-10(2)9-13(14(15)16)12-8-6-5-7-11(12)3/h5-8,13H,2,4,9H2,1,3H3,(H,15,16). The second kappa shape index (κ2) is 5.50. The van der Waals surface area contributed by atoms with Gasteiger partial charge < -0.3 is 5.11 Å². The van der Waals surface area contributed by atoms with Crippen LogP contribution < -0.4 is 0 Å². The number of carboxylic acids is 1. The molecule has 1 aromatic rings. The molecule has 2 nitrogen and oxygen atoms in total. The summed E-state index contributed by atoms with van der Waals surface area (Å²) in [6.07, 6.45) is 1.35. The molecule has 1 N–H and O–H groups in total. The fourth-order valence-electron chi connectivity index (χ4n) is 1.74.